The van der Waals surface area contributed by atoms with Gasteiger partial charge >= 0.3 is 0 Å². The Hall–Kier alpha value is -2.93. The van der Waals surface area contributed by atoms with Crippen LogP contribution < -0.4 is 10.1 Å². The lowest BCUT2D eigenvalue weighted by Crippen LogP contribution is -2.31. The molecule has 1 atom stereocenters. The zero-order chi connectivity index (χ0) is 19.2. The number of imidazole rings is 1. The summed E-state index contributed by atoms with van der Waals surface area (Å²) in [7, 11) is 3.49. The molecule has 0 saturated heterocycles. The van der Waals surface area contributed by atoms with Crippen molar-refractivity contribution >= 4 is 23.0 Å². The van der Waals surface area contributed by atoms with Crippen LogP contribution in [0, 0.1) is 0 Å². The van der Waals surface area contributed by atoms with E-state index in [2.05, 4.69) is 10.3 Å². The summed E-state index contributed by atoms with van der Waals surface area (Å²) in [6, 6.07) is 10.7. The third-order valence-electron chi connectivity index (χ3n) is 4.25. The fraction of sp³-hybridized carbons (Fsp3) is 0.250. The van der Waals surface area contributed by atoms with Gasteiger partial charge in [0.15, 0.2) is 5.78 Å². The van der Waals surface area contributed by atoms with Gasteiger partial charge in [-0.3, -0.25) is 9.59 Å². The molecule has 3 rings (SSSR count). The molecule has 7 heteroatoms. The van der Waals surface area contributed by atoms with Crippen LogP contribution >= 0.6 is 11.3 Å². The molecule has 6 nitrogen and oxygen atoms in total. The van der Waals surface area contributed by atoms with Gasteiger partial charge in [-0.1, -0.05) is 18.2 Å². The second-order valence-corrected chi connectivity index (χ2v) is 7.02. The smallest absolute Gasteiger partial charge is 0.221 e. The molecule has 0 aliphatic rings. The quantitative estimate of drug-likeness (QED) is 0.606. The van der Waals surface area contributed by atoms with Crippen molar-refractivity contribution in [1.29, 1.82) is 0 Å². The number of nitrogens with one attached hydrogen (secondary N) is 1. The van der Waals surface area contributed by atoms with Crippen LogP contribution in [0.2, 0.25) is 0 Å². The van der Waals surface area contributed by atoms with Gasteiger partial charge in [0.2, 0.25) is 5.91 Å². The molecule has 3 aromatic rings. The molecule has 1 unspecified atom stereocenters. The number of hydrogen-bond donors (Lipinski definition) is 1. The zero-order valence-corrected chi connectivity index (χ0v) is 16.0. The Morgan fingerprint density at radius 2 is 2.00 bits per heavy atom. The van der Waals surface area contributed by atoms with E-state index in [-0.39, 0.29) is 24.5 Å². The van der Waals surface area contributed by atoms with Crippen LogP contribution in [-0.2, 0) is 11.8 Å². The minimum absolute atomic E-state index is 0.0156. The molecule has 0 fully saturated rings. The Bertz CT molecular complexity index is 901. The van der Waals surface area contributed by atoms with Gasteiger partial charge in [0.05, 0.1) is 12.0 Å². The third-order valence-corrected chi connectivity index (χ3v) is 5.16. The molecule has 0 spiro atoms. The topological polar surface area (TPSA) is 73.2 Å². The number of aromatic nitrogens is 2. The number of carbonyl (C=O) groups excluding carboxylic acids is 2. The molecule has 27 heavy (non-hydrogen) atoms. The van der Waals surface area contributed by atoms with Crippen molar-refractivity contribution in [3.05, 3.63) is 70.4 Å². The second kappa shape index (κ2) is 8.64. The number of nitrogens with zero attached hydrogens (tertiary/aromatic N) is 2. The number of ether oxygens (including phenoxy) is 1. The van der Waals surface area contributed by atoms with E-state index in [0.717, 1.165) is 17.1 Å². The molecule has 0 bridgehead atoms. The summed E-state index contributed by atoms with van der Waals surface area (Å²) in [5, 5.41) is 4.86. The van der Waals surface area contributed by atoms with E-state index in [1.54, 1.807) is 19.4 Å². The Kier molecular flexibility index (Phi) is 6.03. The third kappa shape index (κ3) is 4.62. The highest BCUT2D eigenvalue weighted by molar-refractivity contribution is 7.12. The second-order valence-electron chi connectivity index (χ2n) is 6.07. The number of amides is 1. The largest absolute Gasteiger partial charge is 0.497 e. The van der Waals surface area contributed by atoms with Crippen LogP contribution in [0.3, 0.4) is 0 Å². The molecule has 140 valence electrons. The number of carbonyl (C=O) groups is 2. The number of methoxy groups -OCH3 is 1. The van der Waals surface area contributed by atoms with E-state index in [9.17, 15) is 9.59 Å². The van der Waals surface area contributed by atoms with Gasteiger partial charge in [0.1, 0.15) is 17.6 Å². The summed E-state index contributed by atoms with van der Waals surface area (Å²) in [6.45, 7) is 0. The van der Waals surface area contributed by atoms with Crippen molar-refractivity contribution in [2.45, 2.75) is 18.9 Å². The predicted molar refractivity (Wildman–Crippen MR) is 104 cm³/mol. The Labute approximate surface area is 161 Å². The first-order valence-corrected chi connectivity index (χ1v) is 9.43. The van der Waals surface area contributed by atoms with Crippen LogP contribution in [0.1, 0.15) is 39.9 Å². The van der Waals surface area contributed by atoms with E-state index in [4.69, 9.17) is 4.74 Å². The maximum absolute atomic E-state index is 12.5. The van der Waals surface area contributed by atoms with E-state index >= 15 is 0 Å². The number of rotatable bonds is 8. The SMILES string of the molecule is COc1ccc(C(NC(=O)CCC(=O)c2cccs2)c2nccn2C)cc1. The number of aryl methyl sites for hydroxylation is 1. The molecular weight excluding hydrogens is 362 g/mol. The fourth-order valence-electron chi connectivity index (χ4n) is 2.77. The highest BCUT2D eigenvalue weighted by Crippen LogP contribution is 2.23. The van der Waals surface area contributed by atoms with Crippen LogP contribution in [0.5, 0.6) is 5.75 Å². The van der Waals surface area contributed by atoms with Gasteiger partial charge in [-0.2, -0.15) is 0 Å². The molecule has 1 N–H and O–H groups in total. The monoisotopic (exact) mass is 383 g/mol. The lowest BCUT2D eigenvalue weighted by molar-refractivity contribution is -0.121. The summed E-state index contributed by atoms with van der Waals surface area (Å²) in [6.07, 6.45) is 3.84. The molecule has 0 aliphatic heterocycles. The predicted octanol–water partition coefficient (Wildman–Crippen LogP) is 3.36. The lowest BCUT2D eigenvalue weighted by atomic mass is 10.1. The number of hydrogen-bond acceptors (Lipinski definition) is 5. The average molecular weight is 383 g/mol. The summed E-state index contributed by atoms with van der Waals surface area (Å²) in [4.78, 5) is 29.7. The average Bonchev–Trinajstić information content (AvgIpc) is 3.36. The summed E-state index contributed by atoms with van der Waals surface area (Å²) < 4.78 is 7.07. The van der Waals surface area contributed by atoms with E-state index in [1.807, 2.05) is 53.5 Å². The summed E-state index contributed by atoms with van der Waals surface area (Å²) >= 11 is 1.39. The normalized spacial score (nSPS) is 11.8. The molecule has 0 saturated carbocycles. The lowest BCUT2D eigenvalue weighted by Gasteiger charge is -2.19. The Balaban J connectivity index is 1.72. The molecule has 1 amide bonds. The van der Waals surface area contributed by atoms with Crippen molar-refractivity contribution in [2.24, 2.45) is 7.05 Å². The van der Waals surface area contributed by atoms with E-state index in [0.29, 0.717) is 4.88 Å². The minimum Gasteiger partial charge on any atom is -0.497 e. The maximum atomic E-state index is 12.5. The van der Waals surface area contributed by atoms with Crippen molar-refractivity contribution in [3.8, 4) is 5.75 Å². The van der Waals surface area contributed by atoms with Gasteiger partial charge in [-0.25, -0.2) is 4.98 Å². The van der Waals surface area contributed by atoms with E-state index in [1.165, 1.54) is 11.3 Å². The fourth-order valence-corrected chi connectivity index (χ4v) is 3.46. The standard InChI is InChI=1S/C20H21N3O3S/c1-23-12-11-21-20(23)19(14-5-7-15(26-2)8-6-14)22-18(25)10-9-16(24)17-4-3-13-27-17/h3-8,11-13,19H,9-10H2,1-2H3,(H,22,25). The molecular formula is C20H21N3O3S. The number of thiophene rings is 1. The number of Topliss-reactive ketones (excluding diaryl/α,β-unsaturated/α-hetero) is 1. The van der Waals surface area contributed by atoms with Crippen LogP contribution in [0.15, 0.2) is 54.2 Å². The molecule has 0 radical (unpaired) electrons. The van der Waals surface area contributed by atoms with Crippen molar-refractivity contribution in [2.75, 3.05) is 7.11 Å². The van der Waals surface area contributed by atoms with Crippen molar-refractivity contribution in [1.82, 2.24) is 14.9 Å². The van der Waals surface area contributed by atoms with Gasteiger partial charge < -0.3 is 14.6 Å². The van der Waals surface area contributed by atoms with Crippen molar-refractivity contribution in [3.63, 3.8) is 0 Å². The minimum atomic E-state index is -0.403. The first-order valence-electron chi connectivity index (χ1n) is 8.55. The first kappa shape index (κ1) is 18.8. The number of benzene rings is 1. The molecule has 2 aromatic heterocycles. The molecule has 2 heterocycles. The zero-order valence-electron chi connectivity index (χ0n) is 15.2. The molecule has 0 aliphatic carbocycles. The van der Waals surface area contributed by atoms with Crippen molar-refractivity contribution < 1.29 is 14.3 Å². The summed E-state index contributed by atoms with van der Waals surface area (Å²) in [5.41, 5.74) is 0.892. The number of ketones is 1. The summed E-state index contributed by atoms with van der Waals surface area (Å²) in [5.74, 6) is 1.25. The highest BCUT2D eigenvalue weighted by atomic mass is 32.1. The van der Waals surface area contributed by atoms with Gasteiger partial charge in [0.25, 0.3) is 0 Å². The van der Waals surface area contributed by atoms with Crippen LogP contribution in [-0.4, -0.2) is 28.4 Å². The Morgan fingerprint density at radius 3 is 2.59 bits per heavy atom. The first-order chi connectivity index (χ1) is 13.1. The van der Waals surface area contributed by atoms with Gasteiger partial charge in [0, 0.05) is 32.3 Å². The van der Waals surface area contributed by atoms with Gasteiger partial charge in [-0.15, -0.1) is 11.3 Å². The van der Waals surface area contributed by atoms with Crippen LogP contribution in [0.25, 0.3) is 0 Å². The van der Waals surface area contributed by atoms with Gasteiger partial charge in [-0.05, 0) is 29.1 Å². The van der Waals surface area contributed by atoms with Crippen LogP contribution in [0.4, 0.5) is 0 Å². The molecule has 1 aromatic carbocycles. The Morgan fingerprint density at radius 1 is 1.22 bits per heavy atom. The maximum Gasteiger partial charge on any atom is 0.221 e. The van der Waals surface area contributed by atoms with E-state index < -0.39 is 6.04 Å². The highest BCUT2D eigenvalue weighted by Gasteiger charge is 2.21.